The Morgan fingerprint density at radius 3 is 3.06 bits per heavy atom. The molecule has 3 rings (SSSR count). The SMILES string of the molecule is Cc1ccc2c(c1)C(Cc1[c]cccc1)NCC2. The van der Waals surface area contributed by atoms with E-state index in [1.165, 1.54) is 22.3 Å². The van der Waals surface area contributed by atoms with Gasteiger partial charge in [0, 0.05) is 6.04 Å². The predicted octanol–water partition coefficient (Wildman–Crippen LogP) is 3.22. The molecule has 2 aromatic carbocycles. The van der Waals surface area contributed by atoms with E-state index in [0.29, 0.717) is 6.04 Å². The van der Waals surface area contributed by atoms with Gasteiger partial charge in [0.15, 0.2) is 0 Å². The van der Waals surface area contributed by atoms with Crippen molar-refractivity contribution in [3.05, 3.63) is 70.8 Å². The number of nitrogens with one attached hydrogen (secondary N) is 1. The minimum atomic E-state index is 0.437. The van der Waals surface area contributed by atoms with Crippen LogP contribution in [0.5, 0.6) is 0 Å². The molecule has 1 aliphatic rings. The van der Waals surface area contributed by atoms with Gasteiger partial charge in [-0.05, 0) is 49.1 Å². The molecule has 0 aromatic heterocycles. The monoisotopic (exact) mass is 236 g/mol. The summed E-state index contributed by atoms with van der Waals surface area (Å²) in [5.41, 5.74) is 5.60. The van der Waals surface area contributed by atoms with Gasteiger partial charge in [0.2, 0.25) is 0 Å². The van der Waals surface area contributed by atoms with Crippen molar-refractivity contribution < 1.29 is 0 Å². The summed E-state index contributed by atoms with van der Waals surface area (Å²) in [5.74, 6) is 0. The van der Waals surface area contributed by atoms with Crippen LogP contribution in [0.2, 0.25) is 0 Å². The molecule has 0 amide bonds. The zero-order chi connectivity index (χ0) is 12.4. The molecule has 1 nitrogen and oxygen atoms in total. The standard InChI is InChI=1S/C17H18N/c1-13-7-8-15-9-10-18-17(16(15)11-13)12-14-5-3-2-4-6-14/h2-5,7-8,11,17-18H,9-10,12H2,1H3. The van der Waals surface area contributed by atoms with Crippen LogP contribution in [0.15, 0.2) is 42.5 Å². The molecular weight excluding hydrogens is 218 g/mol. The lowest BCUT2D eigenvalue weighted by atomic mass is 9.89. The molecule has 1 unspecified atom stereocenters. The number of aryl methyl sites for hydroxylation is 1. The molecule has 0 spiro atoms. The third-order valence-electron chi connectivity index (χ3n) is 3.66. The maximum Gasteiger partial charge on any atom is 0.0364 e. The van der Waals surface area contributed by atoms with E-state index in [1.54, 1.807) is 0 Å². The molecular formula is C17H18N. The van der Waals surface area contributed by atoms with Crippen molar-refractivity contribution in [3.63, 3.8) is 0 Å². The molecule has 2 aromatic rings. The maximum absolute atomic E-state index is 3.63. The van der Waals surface area contributed by atoms with Gasteiger partial charge < -0.3 is 5.32 Å². The van der Waals surface area contributed by atoms with Crippen LogP contribution in [0.25, 0.3) is 0 Å². The summed E-state index contributed by atoms with van der Waals surface area (Å²) in [5, 5.41) is 3.63. The molecule has 0 saturated carbocycles. The molecule has 0 fully saturated rings. The van der Waals surface area contributed by atoms with E-state index < -0.39 is 0 Å². The highest BCUT2D eigenvalue weighted by Gasteiger charge is 2.19. The van der Waals surface area contributed by atoms with Crippen LogP contribution in [-0.2, 0) is 12.8 Å². The number of rotatable bonds is 2. The average Bonchev–Trinajstić information content (AvgIpc) is 2.41. The van der Waals surface area contributed by atoms with Gasteiger partial charge >= 0.3 is 0 Å². The highest BCUT2D eigenvalue weighted by molar-refractivity contribution is 5.37. The van der Waals surface area contributed by atoms with Crippen molar-refractivity contribution in [3.8, 4) is 0 Å². The molecule has 1 radical (unpaired) electrons. The smallest absolute Gasteiger partial charge is 0.0364 e. The average molecular weight is 236 g/mol. The minimum Gasteiger partial charge on any atom is -0.309 e. The topological polar surface area (TPSA) is 12.0 Å². The van der Waals surface area contributed by atoms with Crippen LogP contribution in [0.3, 0.4) is 0 Å². The fraction of sp³-hybridized carbons (Fsp3) is 0.294. The summed E-state index contributed by atoms with van der Waals surface area (Å²) >= 11 is 0. The van der Waals surface area contributed by atoms with Gasteiger partial charge in [-0.3, -0.25) is 0 Å². The molecule has 91 valence electrons. The van der Waals surface area contributed by atoms with Crippen LogP contribution in [0.1, 0.15) is 28.3 Å². The molecule has 0 saturated heterocycles. The summed E-state index contributed by atoms with van der Waals surface area (Å²) in [7, 11) is 0. The van der Waals surface area contributed by atoms with Gasteiger partial charge in [-0.25, -0.2) is 0 Å². The second-order valence-corrected chi connectivity index (χ2v) is 5.05. The second kappa shape index (κ2) is 4.95. The third kappa shape index (κ3) is 2.32. The Kier molecular flexibility index (Phi) is 3.16. The summed E-state index contributed by atoms with van der Waals surface area (Å²) in [4.78, 5) is 0. The lowest BCUT2D eigenvalue weighted by molar-refractivity contribution is 0.502. The summed E-state index contributed by atoms with van der Waals surface area (Å²) < 4.78 is 0. The van der Waals surface area contributed by atoms with E-state index in [2.05, 4.69) is 48.6 Å². The first-order valence-electron chi connectivity index (χ1n) is 6.61. The van der Waals surface area contributed by atoms with Gasteiger partial charge in [-0.2, -0.15) is 0 Å². The molecule has 0 aliphatic carbocycles. The fourth-order valence-corrected chi connectivity index (χ4v) is 2.72. The van der Waals surface area contributed by atoms with E-state index in [1.807, 2.05) is 12.1 Å². The number of hydrogen-bond donors (Lipinski definition) is 1. The van der Waals surface area contributed by atoms with Crippen molar-refractivity contribution in [2.75, 3.05) is 6.54 Å². The quantitative estimate of drug-likeness (QED) is 0.844. The Balaban J connectivity index is 1.89. The maximum atomic E-state index is 3.63. The lowest BCUT2D eigenvalue weighted by Crippen LogP contribution is -2.31. The van der Waals surface area contributed by atoms with Crippen LogP contribution >= 0.6 is 0 Å². The molecule has 1 N–H and O–H groups in total. The Hall–Kier alpha value is -1.60. The molecule has 1 atom stereocenters. The van der Waals surface area contributed by atoms with Gasteiger partial charge in [-0.15, -0.1) is 0 Å². The second-order valence-electron chi connectivity index (χ2n) is 5.05. The van der Waals surface area contributed by atoms with Crippen molar-refractivity contribution in [2.24, 2.45) is 0 Å². The van der Waals surface area contributed by atoms with Crippen LogP contribution in [-0.4, -0.2) is 6.54 Å². The molecule has 0 bridgehead atoms. The van der Waals surface area contributed by atoms with Gasteiger partial charge in [0.05, 0.1) is 0 Å². The third-order valence-corrected chi connectivity index (χ3v) is 3.66. The minimum absolute atomic E-state index is 0.437. The van der Waals surface area contributed by atoms with E-state index in [9.17, 15) is 0 Å². The molecule has 18 heavy (non-hydrogen) atoms. The summed E-state index contributed by atoms with van der Waals surface area (Å²) in [6.07, 6.45) is 2.17. The van der Waals surface area contributed by atoms with Crippen molar-refractivity contribution in [1.82, 2.24) is 5.32 Å². The van der Waals surface area contributed by atoms with Crippen LogP contribution < -0.4 is 5.32 Å². The van der Waals surface area contributed by atoms with Gasteiger partial charge in [-0.1, -0.05) is 48.0 Å². The normalized spacial score (nSPS) is 18.4. The Morgan fingerprint density at radius 2 is 2.22 bits per heavy atom. The fourth-order valence-electron chi connectivity index (χ4n) is 2.72. The number of hydrogen-bond acceptors (Lipinski definition) is 1. The number of fused-ring (bicyclic) bond motifs is 1. The first-order chi connectivity index (χ1) is 8.83. The highest BCUT2D eigenvalue weighted by Crippen LogP contribution is 2.26. The van der Waals surface area contributed by atoms with Crippen LogP contribution in [0, 0.1) is 13.0 Å². The zero-order valence-corrected chi connectivity index (χ0v) is 10.7. The van der Waals surface area contributed by atoms with Crippen LogP contribution in [0.4, 0.5) is 0 Å². The summed E-state index contributed by atoms with van der Waals surface area (Å²) in [6.45, 7) is 3.24. The molecule has 1 heterocycles. The first-order valence-corrected chi connectivity index (χ1v) is 6.61. The zero-order valence-electron chi connectivity index (χ0n) is 10.7. The molecule has 1 aliphatic heterocycles. The van der Waals surface area contributed by atoms with Gasteiger partial charge in [0.25, 0.3) is 0 Å². The highest BCUT2D eigenvalue weighted by atomic mass is 14.9. The van der Waals surface area contributed by atoms with E-state index in [4.69, 9.17) is 0 Å². The first kappa shape index (κ1) is 11.5. The van der Waals surface area contributed by atoms with E-state index in [-0.39, 0.29) is 0 Å². The molecule has 1 heteroatoms. The van der Waals surface area contributed by atoms with E-state index >= 15 is 0 Å². The Labute approximate surface area is 109 Å². The van der Waals surface area contributed by atoms with E-state index in [0.717, 1.165) is 19.4 Å². The largest absolute Gasteiger partial charge is 0.309 e. The van der Waals surface area contributed by atoms with Gasteiger partial charge in [0.1, 0.15) is 0 Å². The van der Waals surface area contributed by atoms with Crippen molar-refractivity contribution in [2.45, 2.75) is 25.8 Å². The number of benzene rings is 2. The Morgan fingerprint density at radius 1 is 1.28 bits per heavy atom. The predicted molar refractivity (Wildman–Crippen MR) is 74.6 cm³/mol. The van der Waals surface area contributed by atoms with Crippen molar-refractivity contribution in [1.29, 1.82) is 0 Å². The lowest BCUT2D eigenvalue weighted by Gasteiger charge is -2.27. The Bertz CT molecular complexity index is 531. The van der Waals surface area contributed by atoms with Crippen molar-refractivity contribution >= 4 is 0 Å². The summed E-state index contributed by atoms with van der Waals surface area (Å²) in [6, 6.07) is 18.9.